The molecule has 0 heterocycles. The summed E-state index contributed by atoms with van der Waals surface area (Å²) in [4.78, 5) is 16.8. The van der Waals surface area contributed by atoms with Gasteiger partial charge in [-0.15, -0.1) is 0 Å². The first-order chi connectivity index (χ1) is 10.7. The molecule has 0 aromatic heterocycles. The highest BCUT2D eigenvalue weighted by Gasteiger charge is 2.35. The van der Waals surface area contributed by atoms with E-state index in [2.05, 4.69) is 5.32 Å². The highest BCUT2D eigenvalue weighted by atomic mass is 32.2. The molecule has 1 aromatic carbocycles. The van der Waals surface area contributed by atoms with Gasteiger partial charge in [-0.1, -0.05) is 22.7 Å². The fourth-order valence-electron chi connectivity index (χ4n) is 1.74. The van der Waals surface area contributed by atoms with Gasteiger partial charge in [0.05, 0.1) is 0 Å². The largest absolute Gasteiger partial charge is 0.368 e. The maximum absolute atomic E-state index is 12.1. The molecule has 1 aromatic rings. The van der Waals surface area contributed by atoms with Crippen molar-refractivity contribution in [1.29, 1.82) is 0 Å². The molecule has 1 atom stereocenters. The van der Waals surface area contributed by atoms with Gasteiger partial charge >= 0.3 is 0 Å². The van der Waals surface area contributed by atoms with E-state index in [4.69, 9.17) is 9.57 Å². The SMILES string of the molecule is CCOCON(C)S(=O)(=O)C(O)C(=O)Nc1c(C)cccc1C. The van der Waals surface area contributed by atoms with E-state index in [0.717, 1.165) is 18.2 Å². The van der Waals surface area contributed by atoms with Crippen molar-refractivity contribution in [1.82, 2.24) is 4.47 Å². The summed E-state index contributed by atoms with van der Waals surface area (Å²) in [5, 5.41) is 12.3. The normalized spacial score (nSPS) is 13.1. The molecule has 0 bridgehead atoms. The van der Waals surface area contributed by atoms with Crippen LogP contribution in [-0.2, 0) is 24.4 Å². The van der Waals surface area contributed by atoms with E-state index in [1.54, 1.807) is 32.9 Å². The van der Waals surface area contributed by atoms with Crippen molar-refractivity contribution in [2.75, 3.05) is 25.8 Å². The Labute approximate surface area is 136 Å². The van der Waals surface area contributed by atoms with Gasteiger partial charge in [0, 0.05) is 19.3 Å². The molecule has 1 rings (SSSR count). The average molecular weight is 346 g/mol. The number of carbonyl (C=O) groups is 1. The predicted octanol–water partition coefficient (Wildman–Crippen LogP) is 0.748. The summed E-state index contributed by atoms with van der Waals surface area (Å²) >= 11 is 0. The molecule has 8 nitrogen and oxygen atoms in total. The molecule has 0 radical (unpaired) electrons. The number of benzene rings is 1. The van der Waals surface area contributed by atoms with Crippen LogP contribution in [-0.4, -0.2) is 49.8 Å². The third-order valence-electron chi connectivity index (χ3n) is 3.12. The Bertz CT molecular complexity index is 626. The zero-order valence-electron chi connectivity index (χ0n) is 13.6. The quantitative estimate of drug-likeness (QED) is 0.409. The maximum atomic E-state index is 12.1. The van der Waals surface area contributed by atoms with Crippen LogP contribution in [0.25, 0.3) is 0 Å². The van der Waals surface area contributed by atoms with Crippen LogP contribution < -0.4 is 5.32 Å². The number of ether oxygens (including phenoxy) is 1. The molecule has 0 aliphatic carbocycles. The number of hydrogen-bond acceptors (Lipinski definition) is 6. The molecule has 9 heteroatoms. The number of nitrogens with one attached hydrogen (secondary N) is 1. The number of hydroxylamine groups is 1. The van der Waals surface area contributed by atoms with Crippen LogP contribution in [0, 0.1) is 13.8 Å². The van der Waals surface area contributed by atoms with Crippen molar-refractivity contribution >= 4 is 21.6 Å². The Kier molecular flexibility index (Phi) is 7.10. The van der Waals surface area contributed by atoms with Gasteiger partial charge in [-0.05, 0) is 31.9 Å². The number of para-hydroxylation sites is 1. The molecule has 130 valence electrons. The molecule has 1 amide bonds. The highest BCUT2D eigenvalue weighted by Crippen LogP contribution is 2.20. The van der Waals surface area contributed by atoms with Gasteiger partial charge in [0.2, 0.25) is 0 Å². The number of aryl methyl sites for hydroxylation is 2. The minimum Gasteiger partial charge on any atom is -0.368 e. The third kappa shape index (κ3) is 4.98. The molecule has 0 aliphatic heterocycles. The van der Waals surface area contributed by atoms with Crippen LogP contribution in [0.3, 0.4) is 0 Å². The fraction of sp³-hybridized carbons (Fsp3) is 0.500. The number of amides is 1. The zero-order valence-corrected chi connectivity index (χ0v) is 14.4. The number of anilines is 1. The zero-order chi connectivity index (χ0) is 17.6. The van der Waals surface area contributed by atoms with Gasteiger partial charge in [0.15, 0.2) is 6.79 Å². The average Bonchev–Trinajstić information content (AvgIpc) is 2.50. The van der Waals surface area contributed by atoms with Gasteiger partial charge in [-0.2, -0.15) is 0 Å². The third-order valence-corrected chi connectivity index (χ3v) is 4.72. The second kappa shape index (κ2) is 8.37. The molecule has 0 spiro atoms. The number of nitrogens with zero attached hydrogens (tertiary/aromatic N) is 1. The minimum absolute atomic E-state index is 0.308. The molecule has 0 aliphatic rings. The fourth-order valence-corrected chi connectivity index (χ4v) is 2.54. The Balaban J connectivity index is 2.82. The summed E-state index contributed by atoms with van der Waals surface area (Å²) in [6.45, 7) is 5.27. The molecular formula is C14H22N2O6S. The molecule has 2 N–H and O–H groups in total. The van der Waals surface area contributed by atoms with Crippen LogP contribution in [0.2, 0.25) is 0 Å². The van der Waals surface area contributed by atoms with E-state index in [1.165, 1.54) is 0 Å². The van der Waals surface area contributed by atoms with Crippen LogP contribution >= 0.6 is 0 Å². The summed E-state index contributed by atoms with van der Waals surface area (Å²) in [6, 6.07) is 5.34. The predicted molar refractivity (Wildman–Crippen MR) is 84.8 cm³/mol. The minimum atomic E-state index is -4.39. The van der Waals surface area contributed by atoms with Gasteiger partial charge in [0.1, 0.15) is 0 Å². The first kappa shape index (κ1) is 19.5. The topological polar surface area (TPSA) is 105 Å². The molecule has 0 saturated carbocycles. The first-order valence-electron chi connectivity index (χ1n) is 6.95. The molecule has 0 fully saturated rings. The van der Waals surface area contributed by atoms with Crippen molar-refractivity contribution in [3.05, 3.63) is 29.3 Å². The van der Waals surface area contributed by atoms with Gasteiger partial charge in [-0.3, -0.25) is 9.63 Å². The van der Waals surface area contributed by atoms with E-state index in [9.17, 15) is 18.3 Å². The van der Waals surface area contributed by atoms with E-state index in [1.807, 2.05) is 6.07 Å². The molecule has 0 saturated heterocycles. The number of aliphatic hydroxyl groups excluding tert-OH is 1. The summed E-state index contributed by atoms with van der Waals surface area (Å²) < 4.78 is 29.4. The number of sulfonamides is 1. The molecule has 23 heavy (non-hydrogen) atoms. The Hall–Kier alpha value is -1.52. The smallest absolute Gasteiger partial charge is 0.272 e. The lowest BCUT2D eigenvalue weighted by molar-refractivity contribution is -0.162. The van der Waals surface area contributed by atoms with Crippen molar-refractivity contribution < 1.29 is 27.9 Å². The summed E-state index contributed by atoms with van der Waals surface area (Å²) in [5.41, 5.74) is -0.328. The summed E-state index contributed by atoms with van der Waals surface area (Å²) in [6.07, 6.45) is 0. The Morgan fingerprint density at radius 1 is 1.35 bits per heavy atom. The van der Waals surface area contributed by atoms with Crippen molar-refractivity contribution in [3.8, 4) is 0 Å². The summed E-state index contributed by atoms with van der Waals surface area (Å²) in [5.74, 6) is -1.06. The maximum Gasteiger partial charge on any atom is 0.272 e. The second-order valence-corrected chi connectivity index (χ2v) is 6.79. The van der Waals surface area contributed by atoms with E-state index in [-0.39, 0.29) is 6.79 Å². The van der Waals surface area contributed by atoms with E-state index >= 15 is 0 Å². The summed E-state index contributed by atoms with van der Waals surface area (Å²) in [7, 11) is -3.32. The van der Waals surface area contributed by atoms with Crippen molar-refractivity contribution in [2.24, 2.45) is 0 Å². The second-order valence-electron chi connectivity index (χ2n) is 4.80. The lowest BCUT2D eigenvalue weighted by Gasteiger charge is -2.20. The number of hydrogen-bond donors (Lipinski definition) is 2. The van der Waals surface area contributed by atoms with Crippen LogP contribution in [0.15, 0.2) is 18.2 Å². The lowest BCUT2D eigenvalue weighted by atomic mass is 10.1. The van der Waals surface area contributed by atoms with Crippen LogP contribution in [0.4, 0.5) is 5.69 Å². The monoisotopic (exact) mass is 346 g/mol. The Morgan fingerprint density at radius 3 is 2.43 bits per heavy atom. The molecule has 1 unspecified atom stereocenters. The van der Waals surface area contributed by atoms with Gasteiger partial charge < -0.3 is 15.2 Å². The number of rotatable bonds is 8. The highest BCUT2D eigenvalue weighted by molar-refractivity contribution is 7.90. The van der Waals surface area contributed by atoms with Gasteiger partial charge in [-0.25, -0.2) is 8.42 Å². The number of carbonyl (C=O) groups excluding carboxylic acids is 1. The van der Waals surface area contributed by atoms with Crippen LogP contribution in [0.5, 0.6) is 0 Å². The standard InChI is InChI=1S/C14H22N2O6S/c1-5-21-9-22-16(4)23(19,20)14(18)13(17)15-12-10(2)7-6-8-11(12)3/h6-8,14,18H,5,9H2,1-4H3,(H,15,17). The van der Waals surface area contributed by atoms with Crippen molar-refractivity contribution in [2.45, 2.75) is 26.2 Å². The van der Waals surface area contributed by atoms with Gasteiger partial charge in [0.25, 0.3) is 21.4 Å². The van der Waals surface area contributed by atoms with E-state index < -0.39 is 21.4 Å². The number of aliphatic hydroxyl groups is 1. The first-order valence-corrected chi connectivity index (χ1v) is 8.45. The lowest BCUT2D eigenvalue weighted by Crippen LogP contribution is -2.43. The van der Waals surface area contributed by atoms with Crippen LogP contribution in [0.1, 0.15) is 18.1 Å². The molecular weight excluding hydrogens is 324 g/mol. The Morgan fingerprint density at radius 2 is 1.91 bits per heavy atom. The van der Waals surface area contributed by atoms with Crippen molar-refractivity contribution in [3.63, 3.8) is 0 Å². The van der Waals surface area contributed by atoms with E-state index in [0.29, 0.717) is 16.8 Å².